The maximum Gasteiger partial charge on any atom is 0.326 e. The van der Waals surface area contributed by atoms with E-state index in [9.17, 15) is 14.7 Å². The summed E-state index contributed by atoms with van der Waals surface area (Å²) in [6, 6.07) is 22.9. The number of hydrogen-bond donors (Lipinski definition) is 3. The second-order valence-electron chi connectivity index (χ2n) is 6.74. The summed E-state index contributed by atoms with van der Waals surface area (Å²) in [7, 11) is 0. The largest absolute Gasteiger partial charge is 0.480 e. The van der Waals surface area contributed by atoms with E-state index in [0.717, 1.165) is 26.4 Å². The Balaban J connectivity index is 1.40. The molecule has 1 aromatic heterocycles. The molecule has 0 aliphatic carbocycles. The summed E-state index contributed by atoms with van der Waals surface area (Å²) < 4.78 is 1.12. The van der Waals surface area contributed by atoms with Crippen LogP contribution in [0.3, 0.4) is 0 Å². The van der Waals surface area contributed by atoms with Gasteiger partial charge in [-0.3, -0.25) is 0 Å². The van der Waals surface area contributed by atoms with Crippen molar-refractivity contribution < 1.29 is 14.7 Å². The molecule has 2 amide bonds. The van der Waals surface area contributed by atoms with E-state index in [-0.39, 0.29) is 6.42 Å². The van der Waals surface area contributed by atoms with Gasteiger partial charge in [-0.2, -0.15) is 0 Å². The van der Waals surface area contributed by atoms with Crippen LogP contribution in [0.4, 0.5) is 10.5 Å². The summed E-state index contributed by atoms with van der Waals surface area (Å²) in [5.41, 5.74) is 3.32. The van der Waals surface area contributed by atoms with Gasteiger partial charge in [0.2, 0.25) is 0 Å². The Labute approximate surface area is 177 Å². The highest BCUT2D eigenvalue weighted by atomic mass is 32.1. The van der Waals surface area contributed by atoms with Crippen LogP contribution in [0.15, 0.2) is 78.9 Å². The molecule has 150 valence electrons. The van der Waals surface area contributed by atoms with Crippen molar-refractivity contribution in [3.63, 3.8) is 0 Å². The van der Waals surface area contributed by atoms with Crippen LogP contribution >= 0.6 is 11.3 Å². The third-order valence-electron chi connectivity index (χ3n) is 4.57. The molecule has 7 heteroatoms. The standard InChI is InChI=1S/C23H19N3O3S/c27-22(28)19(14-15-6-2-1-3-7-15)26-23(29)24-17-12-10-16(11-13-17)21-25-18-8-4-5-9-20(18)30-21/h1-13,19H,14H2,(H,27,28)(H2,24,26,29). The molecule has 0 aliphatic heterocycles. The molecular formula is C23H19N3O3S. The third-order valence-corrected chi connectivity index (χ3v) is 5.66. The van der Waals surface area contributed by atoms with E-state index >= 15 is 0 Å². The lowest BCUT2D eigenvalue weighted by molar-refractivity contribution is -0.139. The van der Waals surface area contributed by atoms with Crippen LogP contribution in [0, 0.1) is 0 Å². The Hall–Kier alpha value is -3.71. The number of anilines is 1. The van der Waals surface area contributed by atoms with Gasteiger partial charge in [-0.05, 0) is 42.0 Å². The fraction of sp³-hybridized carbons (Fsp3) is 0.0870. The van der Waals surface area contributed by atoms with Crippen LogP contribution in [0.5, 0.6) is 0 Å². The zero-order valence-corrected chi connectivity index (χ0v) is 16.7. The lowest BCUT2D eigenvalue weighted by Gasteiger charge is -2.15. The number of hydrogen-bond acceptors (Lipinski definition) is 4. The van der Waals surface area contributed by atoms with E-state index in [1.54, 1.807) is 23.5 Å². The number of rotatable bonds is 6. The zero-order chi connectivity index (χ0) is 20.9. The van der Waals surface area contributed by atoms with Gasteiger partial charge in [0.15, 0.2) is 0 Å². The molecule has 0 saturated heterocycles. The minimum absolute atomic E-state index is 0.208. The van der Waals surface area contributed by atoms with Crippen molar-refractivity contribution >= 4 is 39.2 Å². The number of nitrogens with one attached hydrogen (secondary N) is 2. The molecular weight excluding hydrogens is 398 g/mol. The predicted octanol–water partition coefficient (Wildman–Crippen LogP) is 4.78. The van der Waals surface area contributed by atoms with Crippen molar-refractivity contribution in [2.24, 2.45) is 0 Å². The molecule has 0 fully saturated rings. The van der Waals surface area contributed by atoms with Gasteiger partial charge < -0.3 is 15.7 Å². The van der Waals surface area contributed by atoms with Gasteiger partial charge in [0.1, 0.15) is 11.0 Å². The summed E-state index contributed by atoms with van der Waals surface area (Å²) >= 11 is 1.61. The average Bonchev–Trinajstić information content (AvgIpc) is 3.19. The molecule has 3 N–H and O–H groups in total. The van der Waals surface area contributed by atoms with Gasteiger partial charge in [0.25, 0.3) is 0 Å². The molecule has 30 heavy (non-hydrogen) atoms. The normalized spacial score (nSPS) is 11.7. The number of aliphatic carboxylic acids is 1. The van der Waals surface area contributed by atoms with E-state index in [4.69, 9.17) is 0 Å². The summed E-state index contributed by atoms with van der Waals surface area (Å²) in [6.07, 6.45) is 0.208. The molecule has 0 radical (unpaired) electrons. The first kappa shape index (κ1) is 19.6. The number of aromatic nitrogens is 1. The number of para-hydroxylation sites is 1. The van der Waals surface area contributed by atoms with Crippen molar-refractivity contribution in [3.8, 4) is 10.6 Å². The molecule has 0 spiro atoms. The topological polar surface area (TPSA) is 91.3 Å². The molecule has 0 aliphatic rings. The van der Waals surface area contributed by atoms with Gasteiger partial charge in [-0.1, -0.05) is 42.5 Å². The first-order valence-electron chi connectivity index (χ1n) is 9.39. The summed E-state index contributed by atoms with van der Waals surface area (Å²) in [5, 5.41) is 15.5. The van der Waals surface area contributed by atoms with Gasteiger partial charge in [-0.15, -0.1) is 11.3 Å². The maximum atomic E-state index is 12.3. The minimum Gasteiger partial charge on any atom is -0.480 e. The lowest BCUT2D eigenvalue weighted by Crippen LogP contribution is -2.44. The maximum absolute atomic E-state index is 12.3. The predicted molar refractivity (Wildman–Crippen MR) is 119 cm³/mol. The number of carbonyl (C=O) groups is 2. The highest BCUT2D eigenvalue weighted by Gasteiger charge is 2.20. The van der Waals surface area contributed by atoms with Crippen LogP contribution in [-0.4, -0.2) is 28.1 Å². The van der Waals surface area contributed by atoms with Gasteiger partial charge in [-0.25, -0.2) is 14.6 Å². The Morgan fingerprint density at radius 3 is 2.33 bits per heavy atom. The highest BCUT2D eigenvalue weighted by Crippen LogP contribution is 2.30. The van der Waals surface area contributed by atoms with Crippen LogP contribution in [0.1, 0.15) is 5.56 Å². The van der Waals surface area contributed by atoms with Gasteiger partial charge in [0.05, 0.1) is 10.2 Å². The van der Waals surface area contributed by atoms with Gasteiger partial charge in [0, 0.05) is 17.7 Å². The fourth-order valence-electron chi connectivity index (χ4n) is 3.07. The lowest BCUT2D eigenvalue weighted by atomic mass is 10.1. The molecule has 1 heterocycles. The van der Waals surface area contributed by atoms with Crippen molar-refractivity contribution in [1.29, 1.82) is 0 Å². The molecule has 4 rings (SSSR count). The van der Waals surface area contributed by atoms with E-state index < -0.39 is 18.0 Å². The number of carboxylic acids is 1. The second kappa shape index (κ2) is 8.75. The Bertz CT molecular complexity index is 1140. The molecule has 0 bridgehead atoms. The first-order valence-corrected chi connectivity index (χ1v) is 10.2. The molecule has 1 unspecified atom stereocenters. The summed E-state index contributed by atoms with van der Waals surface area (Å²) in [6.45, 7) is 0. The van der Waals surface area contributed by atoms with Crippen LogP contribution in [-0.2, 0) is 11.2 Å². The first-order chi connectivity index (χ1) is 14.6. The number of fused-ring (bicyclic) bond motifs is 1. The molecule has 3 aromatic carbocycles. The Kier molecular flexibility index (Phi) is 5.72. The molecule has 1 atom stereocenters. The SMILES string of the molecule is O=C(Nc1ccc(-c2nc3ccccc3s2)cc1)NC(Cc1ccccc1)C(=O)O. The van der Waals surface area contributed by atoms with Gasteiger partial charge >= 0.3 is 12.0 Å². The van der Waals surface area contributed by atoms with Crippen molar-refractivity contribution in [3.05, 3.63) is 84.4 Å². The van der Waals surface area contributed by atoms with Crippen molar-refractivity contribution in [1.82, 2.24) is 10.3 Å². The van der Waals surface area contributed by atoms with Crippen LogP contribution < -0.4 is 10.6 Å². The minimum atomic E-state index is -1.08. The van der Waals surface area contributed by atoms with E-state index in [2.05, 4.69) is 15.6 Å². The number of thiazole rings is 1. The van der Waals surface area contributed by atoms with Crippen molar-refractivity contribution in [2.45, 2.75) is 12.5 Å². The van der Waals surface area contributed by atoms with E-state index in [0.29, 0.717) is 5.69 Å². The van der Waals surface area contributed by atoms with E-state index in [1.165, 1.54) is 0 Å². The number of nitrogens with zero attached hydrogens (tertiary/aromatic N) is 1. The number of urea groups is 1. The van der Waals surface area contributed by atoms with Crippen LogP contribution in [0.2, 0.25) is 0 Å². The number of benzene rings is 3. The zero-order valence-electron chi connectivity index (χ0n) is 15.9. The Morgan fingerprint density at radius 1 is 0.933 bits per heavy atom. The fourth-order valence-corrected chi connectivity index (χ4v) is 4.04. The highest BCUT2D eigenvalue weighted by molar-refractivity contribution is 7.21. The smallest absolute Gasteiger partial charge is 0.326 e. The van der Waals surface area contributed by atoms with E-state index in [1.807, 2.05) is 66.7 Å². The average molecular weight is 417 g/mol. The summed E-state index contributed by atoms with van der Waals surface area (Å²) in [4.78, 5) is 28.4. The molecule has 4 aromatic rings. The molecule has 0 saturated carbocycles. The van der Waals surface area contributed by atoms with Crippen molar-refractivity contribution in [2.75, 3.05) is 5.32 Å². The quantitative estimate of drug-likeness (QED) is 0.421. The number of carbonyl (C=O) groups excluding carboxylic acids is 1. The van der Waals surface area contributed by atoms with Crippen LogP contribution in [0.25, 0.3) is 20.8 Å². The molecule has 6 nitrogen and oxygen atoms in total. The second-order valence-corrected chi connectivity index (χ2v) is 7.77. The Morgan fingerprint density at radius 2 is 1.63 bits per heavy atom. The monoisotopic (exact) mass is 417 g/mol. The number of carboxylic acid groups (broad SMARTS) is 1. The third kappa shape index (κ3) is 4.64. The summed E-state index contributed by atoms with van der Waals surface area (Å²) in [5.74, 6) is -1.08. The number of amides is 2.